The quantitative estimate of drug-likeness (QED) is 0.573. The van der Waals surface area contributed by atoms with Gasteiger partial charge in [-0.1, -0.05) is 44.2 Å². The van der Waals surface area contributed by atoms with Crippen LogP contribution in [0, 0.1) is 5.92 Å². The molecule has 2 aromatic carbocycles. The Hall–Kier alpha value is -3.41. The van der Waals surface area contributed by atoms with E-state index in [1.165, 1.54) is 10.8 Å². The summed E-state index contributed by atoms with van der Waals surface area (Å²) in [7, 11) is 1.60. The van der Waals surface area contributed by atoms with Crippen LogP contribution in [0.25, 0.3) is 17.5 Å². The van der Waals surface area contributed by atoms with Crippen molar-refractivity contribution in [2.45, 2.75) is 13.8 Å². The first-order chi connectivity index (χ1) is 13.6. The number of carbonyl (C=O) groups excluding carboxylic acids is 1. The average molecular weight is 377 g/mol. The van der Waals surface area contributed by atoms with Gasteiger partial charge in [0.2, 0.25) is 0 Å². The number of rotatable bonds is 7. The molecule has 0 atom stereocenters. The smallest absolute Gasteiger partial charge is 0.336 e. The van der Waals surface area contributed by atoms with Gasteiger partial charge in [0.25, 0.3) is 5.91 Å². The molecule has 0 unspecified atom stereocenters. The maximum absolute atomic E-state index is 12.8. The van der Waals surface area contributed by atoms with Crippen LogP contribution in [-0.2, 0) is 0 Å². The standard InChI is InChI=1S/C22H23N3O3/c1-16(2)15-28-22-23-21(18-10-12-19(27-3)13-11-18)25(24-22)20(26)14-9-17-7-5-4-6-8-17/h4-14,16H,15H2,1-3H3/b14-9+. The Morgan fingerprint density at radius 1 is 1.11 bits per heavy atom. The molecule has 0 aliphatic carbocycles. The third-order valence-corrected chi connectivity index (χ3v) is 3.91. The first kappa shape index (κ1) is 19.4. The highest BCUT2D eigenvalue weighted by Gasteiger charge is 2.17. The summed E-state index contributed by atoms with van der Waals surface area (Å²) in [5, 5.41) is 4.26. The SMILES string of the molecule is COc1ccc(-c2nc(OCC(C)C)nn2C(=O)/C=C/c2ccccc2)cc1. The van der Waals surface area contributed by atoms with Gasteiger partial charge in [-0.05, 0) is 41.8 Å². The van der Waals surface area contributed by atoms with Crippen LogP contribution >= 0.6 is 0 Å². The van der Waals surface area contributed by atoms with Gasteiger partial charge in [0, 0.05) is 11.6 Å². The second-order valence-electron chi connectivity index (χ2n) is 6.65. The van der Waals surface area contributed by atoms with E-state index in [1.807, 2.05) is 68.4 Å². The Labute approximate surface area is 164 Å². The molecule has 1 heterocycles. The summed E-state index contributed by atoms with van der Waals surface area (Å²) in [6, 6.07) is 17.1. The molecule has 6 heteroatoms. The first-order valence-electron chi connectivity index (χ1n) is 9.08. The molecule has 3 aromatic rings. The normalized spacial score (nSPS) is 11.1. The molecule has 0 bridgehead atoms. The van der Waals surface area contributed by atoms with Crippen molar-refractivity contribution >= 4 is 12.0 Å². The fourth-order valence-electron chi connectivity index (χ4n) is 2.48. The topological polar surface area (TPSA) is 66.2 Å². The van der Waals surface area contributed by atoms with Crippen LogP contribution < -0.4 is 9.47 Å². The minimum atomic E-state index is -0.304. The Kier molecular flexibility index (Phi) is 6.22. The molecule has 0 radical (unpaired) electrons. The minimum absolute atomic E-state index is 0.181. The summed E-state index contributed by atoms with van der Waals surface area (Å²) in [5.41, 5.74) is 1.67. The lowest BCUT2D eigenvalue weighted by Crippen LogP contribution is -2.11. The lowest BCUT2D eigenvalue weighted by atomic mass is 10.2. The van der Waals surface area contributed by atoms with Crippen LogP contribution in [0.3, 0.4) is 0 Å². The van der Waals surface area contributed by atoms with E-state index in [0.29, 0.717) is 18.3 Å². The molecular formula is C22H23N3O3. The highest BCUT2D eigenvalue weighted by molar-refractivity contribution is 5.95. The molecule has 0 aliphatic rings. The van der Waals surface area contributed by atoms with Crippen molar-refractivity contribution in [2.24, 2.45) is 5.92 Å². The van der Waals surface area contributed by atoms with Gasteiger partial charge in [-0.3, -0.25) is 4.79 Å². The largest absolute Gasteiger partial charge is 0.497 e. The molecule has 144 valence electrons. The fourth-order valence-corrected chi connectivity index (χ4v) is 2.48. The van der Waals surface area contributed by atoms with Crippen LogP contribution in [0.2, 0.25) is 0 Å². The molecule has 0 fully saturated rings. The van der Waals surface area contributed by atoms with Gasteiger partial charge in [-0.15, -0.1) is 5.10 Å². The number of carbonyl (C=O) groups is 1. The predicted molar refractivity (Wildman–Crippen MR) is 108 cm³/mol. The van der Waals surface area contributed by atoms with Crippen molar-refractivity contribution in [3.8, 4) is 23.1 Å². The van der Waals surface area contributed by atoms with E-state index in [-0.39, 0.29) is 11.9 Å². The number of methoxy groups -OCH3 is 1. The summed E-state index contributed by atoms with van der Waals surface area (Å²) < 4.78 is 12.1. The molecule has 0 spiro atoms. The maximum Gasteiger partial charge on any atom is 0.336 e. The van der Waals surface area contributed by atoms with Crippen molar-refractivity contribution in [1.29, 1.82) is 0 Å². The average Bonchev–Trinajstić information content (AvgIpc) is 3.16. The van der Waals surface area contributed by atoms with Gasteiger partial charge in [0.1, 0.15) is 5.75 Å². The highest BCUT2D eigenvalue weighted by Crippen LogP contribution is 2.23. The first-order valence-corrected chi connectivity index (χ1v) is 9.08. The van der Waals surface area contributed by atoms with Crippen LogP contribution in [0.15, 0.2) is 60.7 Å². The van der Waals surface area contributed by atoms with E-state index in [0.717, 1.165) is 16.9 Å². The van der Waals surface area contributed by atoms with Crippen LogP contribution in [0.4, 0.5) is 0 Å². The van der Waals surface area contributed by atoms with Crippen molar-refractivity contribution < 1.29 is 14.3 Å². The van der Waals surface area contributed by atoms with Crippen molar-refractivity contribution in [2.75, 3.05) is 13.7 Å². The van der Waals surface area contributed by atoms with Gasteiger partial charge in [-0.25, -0.2) is 0 Å². The lowest BCUT2D eigenvalue weighted by molar-refractivity contribution is 0.0954. The summed E-state index contributed by atoms with van der Waals surface area (Å²) in [5.74, 6) is 1.16. The van der Waals surface area contributed by atoms with Gasteiger partial charge in [-0.2, -0.15) is 9.67 Å². The molecule has 0 N–H and O–H groups in total. The van der Waals surface area contributed by atoms with Gasteiger partial charge in [0.05, 0.1) is 13.7 Å². The molecule has 0 saturated heterocycles. The van der Waals surface area contributed by atoms with E-state index in [9.17, 15) is 4.79 Å². The van der Waals surface area contributed by atoms with Crippen molar-refractivity contribution in [1.82, 2.24) is 14.8 Å². The third-order valence-electron chi connectivity index (χ3n) is 3.91. The second-order valence-corrected chi connectivity index (χ2v) is 6.65. The monoisotopic (exact) mass is 377 g/mol. The van der Waals surface area contributed by atoms with E-state index >= 15 is 0 Å². The molecule has 6 nitrogen and oxygen atoms in total. The van der Waals surface area contributed by atoms with Crippen LogP contribution in [-0.4, -0.2) is 34.4 Å². The number of allylic oxidation sites excluding steroid dienone is 1. The Bertz CT molecular complexity index is 945. The molecule has 28 heavy (non-hydrogen) atoms. The van der Waals surface area contributed by atoms with Crippen molar-refractivity contribution in [3.63, 3.8) is 0 Å². The zero-order valence-electron chi connectivity index (χ0n) is 16.2. The van der Waals surface area contributed by atoms with Crippen LogP contribution in [0.5, 0.6) is 11.8 Å². The number of ether oxygens (including phenoxy) is 2. The lowest BCUT2D eigenvalue weighted by Gasteiger charge is -2.03. The summed E-state index contributed by atoms with van der Waals surface area (Å²) in [6.45, 7) is 4.55. The van der Waals surface area contributed by atoms with E-state index in [4.69, 9.17) is 9.47 Å². The summed E-state index contributed by atoms with van der Waals surface area (Å²) >= 11 is 0. The van der Waals surface area contributed by atoms with Crippen molar-refractivity contribution in [3.05, 3.63) is 66.2 Å². The fraction of sp³-hybridized carbons (Fsp3) is 0.227. The third kappa shape index (κ3) is 4.85. The zero-order valence-corrected chi connectivity index (χ0v) is 16.2. The second kappa shape index (κ2) is 8.99. The number of nitrogens with zero attached hydrogens (tertiary/aromatic N) is 3. The highest BCUT2D eigenvalue weighted by atomic mass is 16.5. The molecular weight excluding hydrogens is 354 g/mol. The number of hydrogen-bond donors (Lipinski definition) is 0. The maximum atomic E-state index is 12.8. The number of benzene rings is 2. The molecule has 0 amide bonds. The minimum Gasteiger partial charge on any atom is -0.497 e. The van der Waals surface area contributed by atoms with Crippen LogP contribution in [0.1, 0.15) is 24.2 Å². The number of aromatic nitrogens is 3. The van der Waals surface area contributed by atoms with Gasteiger partial charge >= 0.3 is 6.01 Å². The Morgan fingerprint density at radius 2 is 1.82 bits per heavy atom. The van der Waals surface area contributed by atoms with E-state index < -0.39 is 0 Å². The van der Waals surface area contributed by atoms with Gasteiger partial charge < -0.3 is 9.47 Å². The Morgan fingerprint density at radius 3 is 2.46 bits per heavy atom. The molecule has 0 saturated carbocycles. The predicted octanol–water partition coefficient (Wildman–Crippen LogP) is 4.34. The summed E-state index contributed by atoms with van der Waals surface area (Å²) in [6.07, 6.45) is 3.22. The zero-order chi connectivity index (χ0) is 19.9. The molecule has 1 aromatic heterocycles. The van der Waals surface area contributed by atoms with E-state index in [2.05, 4.69) is 10.1 Å². The number of hydrogen-bond acceptors (Lipinski definition) is 5. The Balaban J connectivity index is 1.92. The van der Waals surface area contributed by atoms with E-state index in [1.54, 1.807) is 13.2 Å². The molecule has 3 rings (SSSR count). The molecule has 0 aliphatic heterocycles. The van der Waals surface area contributed by atoms with Gasteiger partial charge in [0.15, 0.2) is 5.82 Å². The summed E-state index contributed by atoms with van der Waals surface area (Å²) in [4.78, 5) is 17.2.